The van der Waals surface area contributed by atoms with Crippen LogP contribution in [0.2, 0.25) is 0 Å². The fraction of sp³-hybridized carbons (Fsp3) is 0.118. The Labute approximate surface area is 139 Å². The van der Waals surface area contributed by atoms with E-state index in [1.165, 1.54) is 13.3 Å². The first-order valence-corrected chi connectivity index (χ1v) is 7.01. The van der Waals surface area contributed by atoms with Gasteiger partial charge in [-0.05, 0) is 29.8 Å². The molecule has 0 aromatic heterocycles. The molecule has 3 N–H and O–H groups in total. The van der Waals surface area contributed by atoms with Crippen LogP contribution in [0.25, 0.3) is 0 Å². The Morgan fingerprint density at radius 2 is 2.12 bits per heavy atom. The lowest BCUT2D eigenvalue weighted by molar-refractivity contribution is 0.249. The molecule has 2 amide bonds. The van der Waals surface area contributed by atoms with E-state index in [4.69, 9.17) is 20.5 Å². The number of rotatable bonds is 6. The van der Waals surface area contributed by atoms with E-state index in [9.17, 15) is 4.79 Å². The van der Waals surface area contributed by atoms with Crippen molar-refractivity contribution < 1.29 is 14.3 Å². The van der Waals surface area contributed by atoms with Gasteiger partial charge < -0.3 is 15.2 Å². The summed E-state index contributed by atoms with van der Waals surface area (Å²) in [5.41, 5.74) is 9.09. The van der Waals surface area contributed by atoms with Crippen molar-refractivity contribution in [2.75, 3.05) is 7.11 Å². The van der Waals surface area contributed by atoms with Crippen LogP contribution in [0.3, 0.4) is 0 Å². The molecule has 0 aliphatic carbocycles. The van der Waals surface area contributed by atoms with E-state index in [0.717, 1.165) is 5.56 Å². The fourth-order valence-electron chi connectivity index (χ4n) is 1.96. The molecule has 0 aliphatic rings. The Bertz CT molecular complexity index is 797. The largest absolute Gasteiger partial charge is 0.493 e. The molecular weight excluding hydrogens is 308 g/mol. The summed E-state index contributed by atoms with van der Waals surface area (Å²) in [4.78, 5) is 10.6. The maximum atomic E-state index is 10.6. The summed E-state index contributed by atoms with van der Waals surface area (Å²) in [6.45, 7) is 0.247. The van der Waals surface area contributed by atoms with Gasteiger partial charge in [0.05, 0.1) is 25.0 Å². The summed E-state index contributed by atoms with van der Waals surface area (Å²) in [6.07, 6.45) is 1.43. The van der Waals surface area contributed by atoms with Crippen LogP contribution in [0.1, 0.15) is 16.7 Å². The minimum atomic E-state index is -0.741. The number of carbonyl (C=O) groups is 1. The van der Waals surface area contributed by atoms with E-state index in [2.05, 4.69) is 16.6 Å². The van der Waals surface area contributed by atoms with Gasteiger partial charge in [-0.25, -0.2) is 10.2 Å². The summed E-state index contributed by atoms with van der Waals surface area (Å²) in [5, 5.41) is 12.8. The second-order valence-electron chi connectivity index (χ2n) is 4.70. The monoisotopic (exact) mass is 324 g/mol. The predicted molar refractivity (Wildman–Crippen MR) is 88.8 cm³/mol. The van der Waals surface area contributed by atoms with Crippen molar-refractivity contribution in [3.8, 4) is 17.6 Å². The zero-order valence-electron chi connectivity index (χ0n) is 13.0. The molecule has 0 fully saturated rings. The van der Waals surface area contributed by atoms with E-state index in [1.807, 2.05) is 12.1 Å². The lowest BCUT2D eigenvalue weighted by Gasteiger charge is -2.12. The molecule has 0 aliphatic heterocycles. The Balaban J connectivity index is 2.12. The van der Waals surface area contributed by atoms with Crippen molar-refractivity contribution in [2.45, 2.75) is 6.61 Å². The molecule has 0 radical (unpaired) electrons. The van der Waals surface area contributed by atoms with Gasteiger partial charge in [0.1, 0.15) is 6.61 Å². The number of hydrogen-bond acceptors (Lipinski definition) is 5. The van der Waals surface area contributed by atoms with Crippen LogP contribution >= 0.6 is 0 Å². The molecule has 7 heteroatoms. The normalized spacial score (nSPS) is 10.2. The van der Waals surface area contributed by atoms with Crippen LogP contribution in [0, 0.1) is 11.3 Å². The van der Waals surface area contributed by atoms with Crippen LogP contribution in [0.4, 0.5) is 4.79 Å². The van der Waals surface area contributed by atoms with E-state index >= 15 is 0 Å². The highest BCUT2D eigenvalue weighted by Gasteiger charge is 2.07. The van der Waals surface area contributed by atoms with E-state index < -0.39 is 6.03 Å². The highest BCUT2D eigenvalue weighted by molar-refractivity contribution is 5.82. The van der Waals surface area contributed by atoms with Crippen LogP contribution in [0.15, 0.2) is 47.6 Å². The molecule has 0 bridgehead atoms. The van der Waals surface area contributed by atoms with Gasteiger partial charge in [0, 0.05) is 5.56 Å². The van der Waals surface area contributed by atoms with Crippen LogP contribution in [-0.4, -0.2) is 19.4 Å². The van der Waals surface area contributed by atoms with Crippen LogP contribution in [-0.2, 0) is 6.61 Å². The summed E-state index contributed by atoms with van der Waals surface area (Å²) in [6, 6.07) is 13.8. The molecule has 0 saturated heterocycles. The number of hydrogen-bond donors (Lipinski definition) is 2. The molecule has 2 aromatic rings. The van der Waals surface area contributed by atoms with Gasteiger partial charge in [0.25, 0.3) is 0 Å². The number of urea groups is 1. The molecule has 0 atom stereocenters. The van der Waals surface area contributed by atoms with E-state index in [0.29, 0.717) is 22.6 Å². The number of benzene rings is 2. The first-order chi connectivity index (χ1) is 11.6. The number of nitrogens with one attached hydrogen (secondary N) is 1. The summed E-state index contributed by atoms with van der Waals surface area (Å²) >= 11 is 0. The van der Waals surface area contributed by atoms with Gasteiger partial charge in [-0.2, -0.15) is 10.4 Å². The molecule has 2 aromatic carbocycles. The summed E-state index contributed by atoms with van der Waals surface area (Å²) < 4.78 is 11.0. The molecule has 0 saturated carbocycles. The number of hydrazone groups is 1. The molecule has 0 spiro atoms. The second-order valence-corrected chi connectivity index (χ2v) is 4.70. The Morgan fingerprint density at radius 3 is 2.83 bits per heavy atom. The van der Waals surface area contributed by atoms with Crippen LogP contribution in [0.5, 0.6) is 11.5 Å². The SMILES string of the molecule is COc1cc(C=NNC(N)=O)ccc1OCc1ccccc1C#N. The standard InChI is InChI=1S/C17H16N4O3/c1-23-16-8-12(10-20-21-17(19)22)6-7-15(16)24-11-14-5-3-2-4-13(14)9-18/h2-8,10H,11H2,1H3,(H3,19,21,22). The van der Waals surface area contributed by atoms with Gasteiger partial charge >= 0.3 is 6.03 Å². The number of nitriles is 1. The minimum absolute atomic E-state index is 0.247. The predicted octanol–water partition coefficient (Wildman–Crippen LogP) is 2.15. The third kappa shape index (κ3) is 4.48. The molecule has 0 heterocycles. The number of ether oxygens (including phenoxy) is 2. The highest BCUT2D eigenvalue weighted by Crippen LogP contribution is 2.28. The number of nitrogens with zero attached hydrogens (tertiary/aromatic N) is 2. The van der Waals surface area contributed by atoms with Crippen LogP contribution < -0.4 is 20.6 Å². The van der Waals surface area contributed by atoms with Gasteiger partial charge in [0.2, 0.25) is 0 Å². The zero-order chi connectivity index (χ0) is 17.4. The van der Waals surface area contributed by atoms with Crippen molar-refractivity contribution in [3.63, 3.8) is 0 Å². The first kappa shape index (κ1) is 16.8. The molecule has 7 nitrogen and oxygen atoms in total. The number of primary amides is 1. The number of nitrogens with two attached hydrogens (primary N) is 1. The Morgan fingerprint density at radius 1 is 1.33 bits per heavy atom. The Kier molecular flexibility index (Phi) is 5.75. The summed E-state index contributed by atoms with van der Waals surface area (Å²) in [5.74, 6) is 1.04. The van der Waals surface area contributed by atoms with Gasteiger partial charge in [0.15, 0.2) is 11.5 Å². The van der Waals surface area contributed by atoms with Crippen molar-refractivity contribution in [3.05, 3.63) is 59.2 Å². The van der Waals surface area contributed by atoms with Crippen molar-refractivity contribution in [2.24, 2.45) is 10.8 Å². The molecule has 24 heavy (non-hydrogen) atoms. The number of amides is 2. The highest BCUT2D eigenvalue weighted by atomic mass is 16.5. The quantitative estimate of drug-likeness (QED) is 0.626. The van der Waals surface area contributed by atoms with Gasteiger partial charge in [-0.3, -0.25) is 0 Å². The van der Waals surface area contributed by atoms with Crippen molar-refractivity contribution >= 4 is 12.2 Å². The second kappa shape index (κ2) is 8.19. The molecule has 2 rings (SSSR count). The molecular formula is C17H16N4O3. The Hall–Kier alpha value is -3.53. The topological polar surface area (TPSA) is 110 Å². The average Bonchev–Trinajstić information content (AvgIpc) is 2.60. The average molecular weight is 324 g/mol. The minimum Gasteiger partial charge on any atom is -0.493 e. The maximum Gasteiger partial charge on any atom is 0.332 e. The van der Waals surface area contributed by atoms with Crippen molar-refractivity contribution in [1.82, 2.24) is 5.43 Å². The third-order valence-corrected chi connectivity index (χ3v) is 3.10. The summed E-state index contributed by atoms with van der Waals surface area (Å²) in [7, 11) is 1.52. The first-order valence-electron chi connectivity index (χ1n) is 7.01. The smallest absolute Gasteiger partial charge is 0.332 e. The fourth-order valence-corrected chi connectivity index (χ4v) is 1.96. The zero-order valence-corrected chi connectivity index (χ0v) is 13.0. The molecule has 122 valence electrons. The van der Waals surface area contributed by atoms with E-state index in [-0.39, 0.29) is 6.61 Å². The lowest BCUT2D eigenvalue weighted by Crippen LogP contribution is -2.24. The third-order valence-electron chi connectivity index (χ3n) is 3.10. The number of carbonyl (C=O) groups excluding carboxylic acids is 1. The number of methoxy groups -OCH3 is 1. The van der Waals surface area contributed by atoms with Crippen molar-refractivity contribution in [1.29, 1.82) is 5.26 Å². The molecule has 0 unspecified atom stereocenters. The van der Waals surface area contributed by atoms with E-state index in [1.54, 1.807) is 30.3 Å². The maximum absolute atomic E-state index is 10.6. The lowest BCUT2D eigenvalue weighted by atomic mass is 10.1. The van der Waals surface area contributed by atoms with Gasteiger partial charge in [-0.1, -0.05) is 18.2 Å². The van der Waals surface area contributed by atoms with Gasteiger partial charge in [-0.15, -0.1) is 0 Å².